The largest absolute Gasteiger partial charge is 0.456 e. The molecule has 0 unspecified atom stereocenters. The Morgan fingerprint density at radius 2 is 1.57 bits per heavy atom. The molecule has 0 spiro atoms. The second-order valence-corrected chi connectivity index (χ2v) is 13.5. The third kappa shape index (κ3) is 6.22. The topological polar surface area (TPSA) is 67.4 Å². The first kappa shape index (κ1) is 28.7. The second-order valence-electron chi connectivity index (χ2n) is 11.3. The molecule has 0 saturated carbocycles. The number of nitrogens with one attached hydrogen (secondary N) is 2. The Bertz CT molecular complexity index is 1430. The third-order valence-corrected chi connectivity index (χ3v) is 9.75. The Hall–Kier alpha value is -2.85. The van der Waals surface area contributed by atoms with Gasteiger partial charge in [-0.25, -0.2) is 9.59 Å². The minimum absolute atomic E-state index is 0.177. The van der Waals surface area contributed by atoms with Crippen molar-refractivity contribution in [3.05, 3.63) is 61.8 Å². The van der Waals surface area contributed by atoms with Crippen molar-refractivity contribution in [1.82, 2.24) is 5.32 Å². The first-order valence-electron chi connectivity index (χ1n) is 13.6. The van der Waals surface area contributed by atoms with E-state index in [1.807, 2.05) is 20.8 Å². The van der Waals surface area contributed by atoms with Crippen molar-refractivity contribution in [1.29, 1.82) is 0 Å². The van der Waals surface area contributed by atoms with Gasteiger partial charge < -0.3 is 10.1 Å². The van der Waals surface area contributed by atoms with Crippen molar-refractivity contribution >= 4 is 39.7 Å². The summed E-state index contributed by atoms with van der Waals surface area (Å²) in [6.45, 7) is 5.61. The molecule has 5 nitrogen and oxygen atoms in total. The zero-order chi connectivity index (χ0) is 28.7. The summed E-state index contributed by atoms with van der Waals surface area (Å²) >= 11 is 2.94. The van der Waals surface area contributed by atoms with Gasteiger partial charge in [-0.2, -0.15) is 13.2 Å². The number of hydrogen-bond donors (Lipinski definition) is 2. The fourth-order valence-electron chi connectivity index (χ4n) is 5.40. The highest BCUT2D eigenvalue weighted by molar-refractivity contribution is 7.17. The molecule has 10 heteroatoms. The fraction of sp³-hybridized carbons (Fsp3) is 0.467. The first-order valence-corrected chi connectivity index (χ1v) is 15.3. The number of amides is 2. The number of esters is 1. The molecule has 5 rings (SSSR count). The molecule has 1 aromatic carbocycles. The van der Waals surface area contributed by atoms with Gasteiger partial charge >= 0.3 is 18.2 Å². The number of halogens is 3. The average molecular weight is 591 g/mol. The molecule has 3 aromatic rings. The Labute approximate surface area is 240 Å². The molecule has 0 atom stereocenters. The molecule has 2 aliphatic carbocycles. The fourth-order valence-corrected chi connectivity index (χ4v) is 8.08. The molecule has 0 saturated heterocycles. The van der Waals surface area contributed by atoms with Crippen LogP contribution in [0.25, 0.3) is 10.4 Å². The number of aryl methyl sites for hydroxylation is 2. The number of alkyl halides is 3. The van der Waals surface area contributed by atoms with E-state index >= 15 is 0 Å². The number of urea groups is 1. The maximum atomic E-state index is 13.4. The Balaban J connectivity index is 1.40. The van der Waals surface area contributed by atoms with Gasteiger partial charge in [0.1, 0.15) is 10.6 Å². The van der Waals surface area contributed by atoms with Crippen molar-refractivity contribution in [2.45, 2.75) is 90.5 Å². The lowest BCUT2D eigenvalue weighted by Crippen LogP contribution is -2.30. The number of benzene rings is 1. The molecule has 40 heavy (non-hydrogen) atoms. The second kappa shape index (κ2) is 11.2. The van der Waals surface area contributed by atoms with Crippen LogP contribution in [0.3, 0.4) is 0 Å². The van der Waals surface area contributed by atoms with Gasteiger partial charge in [-0.05, 0) is 107 Å². The summed E-state index contributed by atoms with van der Waals surface area (Å²) < 4.78 is 46.0. The smallest absolute Gasteiger partial charge is 0.416 e. The van der Waals surface area contributed by atoms with Gasteiger partial charge in [0.05, 0.1) is 11.1 Å². The number of ether oxygens (including phenoxy) is 1. The molecule has 0 aliphatic heterocycles. The molecular formula is C30H33F3N2O3S2. The Morgan fingerprint density at radius 3 is 2.25 bits per heavy atom. The van der Waals surface area contributed by atoms with Crippen LogP contribution in [0.2, 0.25) is 0 Å². The van der Waals surface area contributed by atoms with Crippen molar-refractivity contribution < 1.29 is 27.5 Å². The Morgan fingerprint density at radius 1 is 0.925 bits per heavy atom. The molecule has 0 radical (unpaired) electrons. The predicted octanol–water partition coefficient (Wildman–Crippen LogP) is 8.53. The molecule has 0 fully saturated rings. The number of fused-ring (bicyclic) bond motifs is 2. The lowest BCUT2D eigenvalue weighted by Gasteiger charge is -2.21. The van der Waals surface area contributed by atoms with Crippen LogP contribution in [-0.4, -0.2) is 17.6 Å². The van der Waals surface area contributed by atoms with E-state index < -0.39 is 29.3 Å². The quantitative estimate of drug-likeness (QED) is 0.293. The minimum Gasteiger partial charge on any atom is -0.456 e. The van der Waals surface area contributed by atoms with Crippen LogP contribution in [0, 0.1) is 0 Å². The van der Waals surface area contributed by atoms with E-state index in [0.29, 0.717) is 16.1 Å². The normalized spacial score (nSPS) is 15.2. The van der Waals surface area contributed by atoms with Gasteiger partial charge in [0.25, 0.3) is 0 Å². The van der Waals surface area contributed by atoms with Crippen molar-refractivity contribution in [3.63, 3.8) is 0 Å². The predicted molar refractivity (Wildman–Crippen MR) is 153 cm³/mol. The van der Waals surface area contributed by atoms with E-state index in [4.69, 9.17) is 4.74 Å². The van der Waals surface area contributed by atoms with Crippen molar-refractivity contribution in [2.24, 2.45) is 0 Å². The lowest BCUT2D eigenvalue weighted by atomic mass is 9.93. The van der Waals surface area contributed by atoms with Crippen molar-refractivity contribution in [3.8, 4) is 10.4 Å². The summed E-state index contributed by atoms with van der Waals surface area (Å²) in [5.41, 5.74) is 2.53. The van der Waals surface area contributed by atoms with Gasteiger partial charge in [0.2, 0.25) is 0 Å². The standard InChI is InChI=1S/C30H33F3N2O3S2/c1-29(2,3)38-27(36)24-20-12-5-7-14-23(20)40-26(24)35-28(37)34-16-21-19-11-4-6-13-22(19)39-25(21)17-9-8-10-18(15-17)30(31,32)33/h8-10,15H,4-7,11-14,16H2,1-3H3,(H2,34,35,37). The van der Waals surface area contributed by atoms with E-state index in [1.165, 1.54) is 39.7 Å². The van der Waals surface area contributed by atoms with Crippen LogP contribution >= 0.6 is 22.7 Å². The summed E-state index contributed by atoms with van der Waals surface area (Å²) in [6.07, 6.45) is 2.98. The summed E-state index contributed by atoms with van der Waals surface area (Å²) in [5.74, 6) is -0.444. The zero-order valence-electron chi connectivity index (χ0n) is 22.8. The molecular weight excluding hydrogens is 557 g/mol. The SMILES string of the molecule is CC(C)(C)OC(=O)c1c(NC(=O)NCc2c(-c3cccc(C(F)(F)F)c3)sc3c2CCCC3)sc2c1CCCC2. The third-order valence-electron chi connectivity index (χ3n) is 7.16. The highest BCUT2D eigenvalue weighted by Crippen LogP contribution is 2.42. The van der Waals surface area contributed by atoms with E-state index in [9.17, 15) is 22.8 Å². The van der Waals surface area contributed by atoms with Crippen molar-refractivity contribution in [2.75, 3.05) is 5.32 Å². The molecule has 2 amide bonds. The van der Waals surface area contributed by atoms with Gasteiger partial charge in [-0.15, -0.1) is 22.7 Å². The highest BCUT2D eigenvalue weighted by atomic mass is 32.1. The maximum absolute atomic E-state index is 13.4. The monoisotopic (exact) mass is 590 g/mol. The van der Waals surface area contributed by atoms with Crippen LogP contribution in [0.15, 0.2) is 24.3 Å². The van der Waals surface area contributed by atoms with Crippen LogP contribution in [0.5, 0.6) is 0 Å². The van der Waals surface area contributed by atoms with Gasteiger partial charge in [0, 0.05) is 21.2 Å². The molecule has 214 valence electrons. The van der Waals surface area contributed by atoms with Gasteiger partial charge in [-0.1, -0.05) is 12.1 Å². The van der Waals surface area contributed by atoms with Crippen LogP contribution in [0.1, 0.15) is 88.8 Å². The van der Waals surface area contributed by atoms with Gasteiger partial charge in [0.15, 0.2) is 0 Å². The van der Waals surface area contributed by atoms with Gasteiger partial charge in [-0.3, -0.25) is 5.32 Å². The molecule has 2 aromatic heterocycles. The number of rotatable bonds is 5. The van der Waals surface area contributed by atoms with E-state index in [1.54, 1.807) is 6.07 Å². The summed E-state index contributed by atoms with van der Waals surface area (Å²) in [4.78, 5) is 29.3. The summed E-state index contributed by atoms with van der Waals surface area (Å²) in [6, 6.07) is 4.92. The Kier molecular flexibility index (Phi) is 8.03. The van der Waals surface area contributed by atoms with E-state index in [2.05, 4.69) is 10.6 Å². The number of carbonyl (C=O) groups excluding carboxylic acids is 2. The first-order chi connectivity index (χ1) is 18.9. The zero-order valence-corrected chi connectivity index (χ0v) is 24.5. The van der Waals surface area contributed by atoms with Crippen LogP contribution in [-0.2, 0) is 43.1 Å². The molecule has 2 N–H and O–H groups in total. The molecule has 2 aliphatic rings. The van der Waals surface area contributed by atoms with E-state index in [-0.39, 0.29) is 6.54 Å². The van der Waals surface area contributed by atoms with Crippen LogP contribution in [0.4, 0.5) is 23.0 Å². The summed E-state index contributed by atoms with van der Waals surface area (Å²) in [7, 11) is 0. The summed E-state index contributed by atoms with van der Waals surface area (Å²) in [5, 5.41) is 6.29. The lowest BCUT2D eigenvalue weighted by molar-refractivity contribution is -0.137. The average Bonchev–Trinajstić information content (AvgIpc) is 3.44. The maximum Gasteiger partial charge on any atom is 0.416 e. The van der Waals surface area contributed by atoms with E-state index in [0.717, 1.165) is 83.9 Å². The molecule has 0 bridgehead atoms. The number of anilines is 1. The number of hydrogen-bond acceptors (Lipinski definition) is 5. The number of thiophene rings is 2. The highest BCUT2D eigenvalue weighted by Gasteiger charge is 2.32. The number of carbonyl (C=O) groups is 2. The minimum atomic E-state index is -4.43. The van der Waals surface area contributed by atoms with Crippen LogP contribution < -0.4 is 10.6 Å². The molecule has 2 heterocycles.